The molecule has 0 spiro atoms. The van der Waals surface area contributed by atoms with Gasteiger partial charge in [0.25, 0.3) is 11.7 Å². The zero-order valence-corrected chi connectivity index (χ0v) is 39.9. The van der Waals surface area contributed by atoms with E-state index in [9.17, 15) is 24.0 Å². The number of fused-ring (bicyclic) bond motifs is 5. The molecule has 0 fully saturated rings. The average molecular weight is 897 g/mol. The summed E-state index contributed by atoms with van der Waals surface area (Å²) >= 11 is 0. The minimum atomic E-state index is -2.45. The highest BCUT2D eigenvalue weighted by Gasteiger charge is 2.49. The van der Waals surface area contributed by atoms with Crippen LogP contribution < -0.4 is 25.7 Å². The van der Waals surface area contributed by atoms with Gasteiger partial charge in [0, 0.05) is 23.5 Å². The van der Waals surface area contributed by atoms with E-state index in [1.807, 2.05) is 96.8 Å². The van der Waals surface area contributed by atoms with Crippen LogP contribution in [0.25, 0.3) is 16.7 Å². The largest absolute Gasteiger partial charge is 0.496 e. The molecule has 65 heavy (non-hydrogen) atoms. The van der Waals surface area contributed by atoms with Gasteiger partial charge in [0.15, 0.2) is 8.32 Å². The van der Waals surface area contributed by atoms with Crippen LogP contribution in [0.5, 0.6) is 5.75 Å². The number of nitrogens with zero attached hydrogens (tertiary/aromatic N) is 2. The number of hydrogen-bond acceptors (Lipinski definition) is 11. The lowest BCUT2D eigenvalue weighted by atomic mass is 9.89. The van der Waals surface area contributed by atoms with E-state index in [-0.39, 0.29) is 29.4 Å². The summed E-state index contributed by atoms with van der Waals surface area (Å²) in [6, 6.07) is 24.8. The van der Waals surface area contributed by atoms with E-state index in [0.29, 0.717) is 29.1 Å². The molecule has 3 aliphatic rings. The van der Waals surface area contributed by atoms with Gasteiger partial charge in [-0.2, -0.15) is 0 Å². The number of ether oxygens (including phenoxy) is 2. The number of Topliss-reactive ketones (excluding diaryl/α,β-unsaturated/α-hetero) is 1. The number of hydrogen-bond donors (Lipinski definition) is 3. The Kier molecular flexibility index (Phi) is 13.6. The quantitative estimate of drug-likeness (QED) is 0.0335. The summed E-state index contributed by atoms with van der Waals surface area (Å²) in [6.07, 6.45) is 2.41. The second-order valence-corrected chi connectivity index (χ2v) is 23.7. The molecule has 2 aliphatic heterocycles. The van der Waals surface area contributed by atoms with Crippen molar-refractivity contribution in [1.29, 1.82) is 0 Å². The lowest BCUT2D eigenvalue weighted by molar-refractivity contribution is -0.155. The number of benzene rings is 4. The molecule has 0 saturated heterocycles. The number of aryl methyl sites for hydroxylation is 1. The molecule has 4 atom stereocenters. The van der Waals surface area contributed by atoms with E-state index in [0.717, 1.165) is 45.1 Å². The maximum atomic E-state index is 14.5. The first-order valence-corrected chi connectivity index (χ1v) is 25.0. The first-order chi connectivity index (χ1) is 30.8. The number of carbonyl (C=O) groups is 5. The first-order valence-electron chi connectivity index (χ1n) is 22.1. The van der Waals surface area contributed by atoms with Crippen LogP contribution in [-0.4, -0.2) is 88.5 Å². The second kappa shape index (κ2) is 18.8. The summed E-state index contributed by atoms with van der Waals surface area (Å²) in [5.41, 5.74) is 14.6. The molecule has 2 heterocycles. The van der Waals surface area contributed by atoms with Gasteiger partial charge in [-0.15, -0.1) is 0 Å². The number of amides is 2. The van der Waals surface area contributed by atoms with Crippen molar-refractivity contribution < 1.29 is 37.9 Å². The number of carbonyl (C=O) groups excluding carboxylic acids is 5. The van der Waals surface area contributed by atoms with E-state index in [2.05, 4.69) is 50.0 Å². The Bertz CT molecular complexity index is 2480. The second-order valence-electron chi connectivity index (χ2n) is 18.9. The van der Waals surface area contributed by atoms with Crippen molar-refractivity contribution in [2.24, 2.45) is 5.92 Å². The molecular formula is C50H59BN5O8Si. The van der Waals surface area contributed by atoms with Crippen molar-refractivity contribution in [3.8, 4) is 16.9 Å². The van der Waals surface area contributed by atoms with Crippen LogP contribution in [0.1, 0.15) is 86.5 Å². The Morgan fingerprint density at radius 2 is 1.55 bits per heavy atom. The highest BCUT2D eigenvalue weighted by Crippen LogP contribution is 2.46. The number of methoxy groups -OCH3 is 1. The Morgan fingerprint density at radius 3 is 2.14 bits per heavy atom. The molecule has 7 rings (SSSR count). The van der Waals surface area contributed by atoms with E-state index >= 15 is 0 Å². The zero-order valence-electron chi connectivity index (χ0n) is 38.9. The summed E-state index contributed by atoms with van der Waals surface area (Å²) < 4.78 is 18.4. The van der Waals surface area contributed by atoms with Crippen molar-refractivity contribution in [2.75, 3.05) is 24.0 Å². The van der Waals surface area contributed by atoms with Crippen LogP contribution in [0, 0.1) is 12.8 Å². The van der Waals surface area contributed by atoms with Gasteiger partial charge in [-0.3, -0.25) is 14.4 Å². The van der Waals surface area contributed by atoms with Gasteiger partial charge in [0.05, 0.1) is 18.7 Å². The minimum Gasteiger partial charge on any atom is -0.496 e. The number of esters is 1. The fraction of sp³-hybridized carbons (Fsp3) is 0.380. The Hall–Kier alpha value is -6.03. The molecule has 0 aromatic heterocycles. The molecular weight excluding hydrogens is 837 g/mol. The van der Waals surface area contributed by atoms with Gasteiger partial charge in [0.2, 0.25) is 5.91 Å². The molecule has 2 unspecified atom stereocenters. The molecule has 2 amide bonds. The number of anilines is 2. The van der Waals surface area contributed by atoms with Crippen molar-refractivity contribution in [3.63, 3.8) is 0 Å². The summed E-state index contributed by atoms with van der Waals surface area (Å²) in [7, 11) is 0.569. The molecule has 0 bridgehead atoms. The number of rotatable bonds is 16. The van der Waals surface area contributed by atoms with Crippen molar-refractivity contribution in [1.82, 2.24) is 15.6 Å². The zero-order chi connectivity index (χ0) is 47.0. The maximum absolute atomic E-state index is 14.5. The fourth-order valence-electron chi connectivity index (χ4n) is 8.50. The van der Waals surface area contributed by atoms with Crippen molar-refractivity contribution >= 4 is 62.4 Å². The van der Waals surface area contributed by atoms with E-state index in [1.54, 1.807) is 38.8 Å². The third-order valence-electron chi connectivity index (χ3n) is 13.3. The van der Waals surface area contributed by atoms with Crippen LogP contribution >= 0.6 is 0 Å². The predicted octanol–water partition coefficient (Wildman–Crippen LogP) is 7.61. The van der Waals surface area contributed by atoms with Gasteiger partial charge >= 0.3 is 13.4 Å². The normalized spacial score (nSPS) is 17.8. The third-order valence-corrected chi connectivity index (χ3v) is 17.7. The smallest absolute Gasteiger partial charge is 0.376 e. The minimum absolute atomic E-state index is 0.00105. The van der Waals surface area contributed by atoms with Gasteiger partial charge in [-0.05, 0) is 108 Å². The van der Waals surface area contributed by atoms with Crippen molar-refractivity contribution in [3.05, 3.63) is 119 Å². The Morgan fingerprint density at radius 1 is 0.923 bits per heavy atom. The molecule has 0 saturated carbocycles. The SMILES string of the molecule is COc1cc2c(cc1C)N([B]C=O)[C@@H](O[Si](C)(C)C(C)(C)C)C1CC(c3ccc(NN[C@@H](C)C(=O)NC(C(=O)C(=O)OCC4c5ccccc5-c5ccccc54)C(C)C)cc3)=CN1C2=O. The molecule has 13 nitrogen and oxygen atoms in total. The van der Waals surface area contributed by atoms with Crippen LogP contribution in [0.3, 0.4) is 0 Å². The van der Waals surface area contributed by atoms with Gasteiger partial charge in [0.1, 0.15) is 36.9 Å². The number of hydrazine groups is 1. The molecule has 3 N–H and O–H groups in total. The van der Waals surface area contributed by atoms with Gasteiger partial charge < -0.3 is 39.1 Å². The predicted molar refractivity (Wildman–Crippen MR) is 256 cm³/mol. The summed E-state index contributed by atoms with van der Waals surface area (Å²) in [6.45, 7) is 17.9. The summed E-state index contributed by atoms with van der Waals surface area (Å²) in [5, 5.41) is 2.60. The van der Waals surface area contributed by atoms with Gasteiger partial charge in [-0.1, -0.05) is 95.3 Å². The number of nitrogens with one attached hydrogen (secondary N) is 3. The lowest BCUT2D eigenvalue weighted by Gasteiger charge is -2.45. The maximum Gasteiger partial charge on any atom is 0.376 e. The first kappa shape index (κ1) is 46.9. The molecule has 1 aliphatic carbocycles. The molecule has 4 aromatic carbocycles. The summed E-state index contributed by atoms with van der Waals surface area (Å²) in [5.74, 6) is -2.53. The van der Waals surface area contributed by atoms with Crippen LogP contribution in [0.4, 0.5) is 11.4 Å². The average Bonchev–Trinajstić information content (AvgIpc) is 3.85. The van der Waals surface area contributed by atoms with Gasteiger partial charge in [-0.25, -0.2) is 10.2 Å². The van der Waals surface area contributed by atoms with Crippen molar-refractivity contribution in [2.45, 2.75) is 103 Å². The van der Waals surface area contributed by atoms with E-state index in [1.165, 1.54) is 7.41 Å². The standard InChI is InChI=1S/C50H59BN5O8Si/c1-29(2)44(45(58)49(61)63-27-40-37-17-13-11-15-35(37)36-16-12-14-18-38(36)40)52-46(59)31(4)53-54-34-21-19-32(20-22-34)33-24-42-48(64-65(9,10)50(5,6)7)56(51-28-57)41-23-30(3)43(62-8)25-39(41)47(60)55(42)26-33/h11-23,25-26,28-29,31,40,42,44,48,53-54H,24,27H2,1-10H3,(H,52,59)/t31-,42?,44?,48-/m0/s1. The van der Waals surface area contributed by atoms with E-state index < -0.39 is 50.3 Å². The molecule has 1 radical (unpaired) electrons. The molecule has 4 aromatic rings. The monoisotopic (exact) mass is 896 g/mol. The summed E-state index contributed by atoms with van der Waals surface area (Å²) in [4.78, 5) is 70.3. The molecule has 339 valence electrons. The van der Waals surface area contributed by atoms with Crippen LogP contribution in [0.15, 0.2) is 91.1 Å². The van der Waals surface area contributed by atoms with E-state index in [4.69, 9.17) is 13.9 Å². The van der Waals surface area contributed by atoms with Crippen LogP contribution in [-0.2, 0) is 28.3 Å². The Balaban J connectivity index is 1.01. The Labute approximate surface area is 383 Å². The number of ketones is 1. The topological polar surface area (TPSA) is 156 Å². The lowest BCUT2D eigenvalue weighted by Crippen LogP contribution is -2.57. The highest BCUT2D eigenvalue weighted by molar-refractivity contribution is 6.74. The molecule has 15 heteroatoms. The van der Waals surface area contributed by atoms with Crippen LogP contribution in [0.2, 0.25) is 18.1 Å². The third kappa shape index (κ3) is 9.40. The highest BCUT2D eigenvalue weighted by atomic mass is 28.4. The fourth-order valence-corrected chi connectivity index (χ4v) is 9.73.